The third kappa shape index (κ3) is 6.54. The van der Waals surface area contributed by atoms with Crippen LogP contribution in [0.4, 0.5) is 0 Å². The Labute approximate surface area is 147 Å². The molecule has 0 bridgehead atoms. The Kier molecular flexibility index (Phi) is 8.79. The fraction of sp³-hybridized carbons (Fsp3) is 0.714. The van der Waals surface area contributed by atoms with Crippen LogP contribution in [0.3, 0.4) is 0 Å². The topological polar surface area (TPSA) is 27.7 Å². The second-order valence-corrected chi connectivity index (χ2v) is 7.00. The van der Waals surface area contributed by atoms with Crippen LogP contribution in [-0.2, 0) is 20.8 Å². The van der Waals surface area contributed by atoms with Crippen molar-refractivity contribution in [2.24, 2.45) is 0 Å². The smallest absolute Gasteiger partial charge is 0.158 e. The Morgan fingerprint density at radius 1 is 1.08 bits per heavy atom. The molecule has 1 aromatic carbocycles. The molecule has 0 amide bonds. The molecule has 1 fully saturated rings. The standard InChI is InChI=1S/C21H34O3/c1-3-4-5-6-7-11-15-21(16-14-20(22-2)24-21)18-23-17-19-12-9-8-10-13-19/h8-10,12-13,20H,3-7,11,14-18H2,1-2H3/t20?,21-/m0/s1. The predicted octanol–water partition coefficient (Wildman–Crippen LogP) is 5.48. The van der Waals surface area contributed by atoms with Crippen LogP contribution in [0.5, 0.6) is 0 Å². The van der Waals surface area contributed by atoms with Gasteiger partial charge >= 0.3 is 0 Å². The first-order chi connectivity index (χ1) is 11.8. The van der Waals surface area contributed by atoms with Gasteiger partial charge in [0.05, 0.1) is 18.8 Å². The number of benzene rings is 1. The van der Waals surface area contributed by atoms with Crippen LogP contribution in [0.15, 0.2) is 30.3 Å². The van der Waals surface area contributed by atoms with Crippen molar-refractivity contribution in [1.29, 1.82) is 0 Å². The van der Waals surface area contributed by atoms with Crippen molar-refractivity contribution < 1.29 is 14.2 Å². The van der Waals surface area contributed by atoms with Crippen molar-refractivity contribution in [3.8, 4) is 0 Å². The van der Waals surface area contributed by atoms with Gasteiger partial charge in [0, 0.05) is 13.5 Å². The summed E-state index contributed by atoms with van der Waals surface area (Å²) in [6, 6.07) is 10.4. The van der Waals surface area contributed by atoms with Gasteiger partial charge in [0.1, 0.15) is 0 Å². The first-order valence-corrected chi connectivity index (χ1v) is 9.60. The number of rotatable bonds is 12. The summed E-state index contributed by atoms with van der Waals surface area (Å²) in [4.78, 5) is 0. The van der Waals surface area contributed by atoms with E-state index in [9.17, 15) is 0 Å². The first-order valence-electron chi connectivity index (χ1n) is 9.60. The lowest BCUT2D eigenvalue weighted by molar-refractivity contribution is -0.177. The van der Waals surface area contributed by atoms with Crippen LogP contribution in [0.2, 0.25) is 0 Å². The van der Waals surface area contributed by atoms with Gasteiger partial charge in [-0.05, 0) is 18.4 Å². The molecule has 136 valence electrons. The average molecular weight is 335 g/mol. The first kappa shape index (κ1) is 19.4. The maximum absolute atomic E-state index is 6.22. The number of ether oxygens (including phenoxy) is 3. The molecule has 2 atom stereocenters. The molecule has 0 saturated carbocycles. The van der Waals surface area contributed by atoms with Crippen LogP contribution in [-0.4, -0.2) is 25.6 Å². The number of hydrogen-bond donors (Lipinski definition) is 0. The normalized spacial score (nSPS) is 23.7. The van der Waals surface area contributed by atoms with Gasteiger partial charge in [-0.3, -0.25) is 0 Å². The van der Waals surface area contributed by atoms with Gasteiger partial charge in [-0.15, -0.1) is 0 Å². The molecular formula is C21H34O3. The summed E-state index contributed by atoms with van der Waals surface area (Å²) < 4.78 is 17.6. The molecule has 0 radical (unpaired) electrons. The maximum atomic E-state index is 6.22. The highest BCUT2D eigenvalue weighted by Gasteiger charge is 2.40. The fourth-order valence-electron chi connectivity index (χ4n) is 3.46. The Morgan fingerprint density at radius 2 is 1.83 bits per heavy atom. The lowest BCUT2D eigenvalue weighted by atomic mass is 9.93. The lowest BCUT2D eigenvalue weighted by Gasteiger charge is -2.29. The molecule has 1 unspecified atom stereocenters. The van der Waals surface area contributed by atoms with Crippen molar-refractivity contribution in [1.82, 2.24) is 0 Å². The van der Waals surface area contributed by atoms with E-state index in [0.717, 1.165) is 19.3 Å². The molecular weight excluding hydrogens is 300 g/mol. The van der Waals surface area contributed by atoms with E-state index in [1.54, 1.807) is 7.11 Å². The average Bonchev–Trinajstić information content (AvgIpc) is 3.03. The Balaban J connectivity index is 1.76. The van der Waals surface area contributed by atoms with Crippen LogP contribution in [0, 0.1) is 0 Å². The zero-order chi connectivity index (χ0) is 17.1. The van der Waals surface area contributed by atoms with Crippen molar-refractivity contribution in [2.75, 3.05) is 13.7 Å². The summed E-state index contributed by atoms with van der Waals surface area (Å²) in [5.41, 5.74) is 1.06. The third-order valence-electron chi connectivity index (χ3n) is 4.94. The number of methoxy groups -OCH3 is 1. The second kappa shape index (κ2) is 10.9. The van der Waals surface area contributed by atoms with E-state index in [-0.39, 0.29) is 11.9 Å². The number of unbranched alkanes of at least 4 members (excludes halogenated alkanes) is 5. The SMILES string of the molecule is CCCCCCCC[C@@]1(COCc2ccccc2)CCC(OC)O1. The highest BCUT2D eigenvalue weighted by atomic mass is 16.7. The molecule has 0 spiro atoms. The molecule has 24 heavy (non-hydrogen) atoms. The van der Waals surface area contributed by atoms with E-state index in [2.05, 4.69) is 31.2 Å². The molecule has 1 saturated heterocycles. The second-order valence-electron chi connectivity index (χ2n) is 7.00. The third-order valence-corrected chi connectivity index (χ3v) is 4.94. The monoisotopic (exact) mass is 334 g/mol. The summed E-state index contributed by atoms with van der Waals surface area (Å²) in [5, 5.41) is 0. The maximum Gasteiger partial charge on any atom is 0.158 e. The van der Waals surface area contributed by atoms with E-state index < -0.39 is 0 Å². The van der Waals surface area contributed by atoms with E-state index in [4.69, 9.17) is 14.2 Å². The van der Waals surface area contributed by atoms with E-state index in [1.165, 1.54) is 44.1 Å². The van der Waals surface area contributed by atoms with Crippen molar-refractivity contribution in [3.63, 3.8) is 0 Å². The van der Waals surface area contributed by atoms with Gasteiger partial charge < -0.3 is 14.2 Å². The largest absolute Gasteiger partial charge is 0.374 e. The quantitative estimate of drug-likeness (QED) is 0.474. The Hall–Kier alpha value is -0.900. The van der Waals surface area contributed by atoms with Crippen LogP contribution in [0.1, 0.15) is 70.3 Å². The van der Waals surface area contributed by atoms with E-state index >= 15 is 0 Å². The summed E-state index contributed by atoms with van der Waals surface area (Å²) in [5.74, 6) is 0. The molecule has 2 rings (SSSR count). The van der Waals surface area contributed by atoms with Gasteiger partial charge in [-0.1, -0.05) is 75.8 Å². The summed E-state index contributed by atoms with van der Waals surface area (Å²) in [7, 11) is 1.73. The molecule has 3 heteroatoms. The zero-order valence-electron chi connectivity index (χ0n) is 15.5. The Bertz CT molecular complexity index is 434. The minimum Gasteiger partial charge on any atom is -0.374 e. The van der Waals surface area contributed by atoms with Gasteiger partial charge in [-0.2, -0.15) is 0 Å². The highest BCUT2D eigenvalue weighted by molar-refractivity contribution is 5.13. The van der Waals surface area contributed by atoms with E-state index in [1.807, 2.05) is 6.07 Å². The van der Waals surface area contributed by atoms with Gasteiger partial charge in [0.25, 0.3) is 0 Å². The van der Waals surface area contributed by atoms with Gasteiger partial charge in [-0.25, -0.2) is 0 Å². The molecule has 1 aliphatic rings. The van der Waals surface area contributed by atoms with E-state index in [0.29, 0.717) is 13.2 Å². The van der Waals surface area contributed by atoms with Crippen LogP contribution in [0.25, 0.3) is 0 Å². The molecule has 0 N–H and O–H groups in total. The molecule has 1 aromatic rings. The minimum atomic E-state index is -0.153. The fourth-order valence-corrected chi connectivity index (χ4v) is 3.46. The molecule has 3 nitrogen and oxygen atoms in total. The summed E-state index contributed by atoms with van der Waals surface area (Å²) >= 11 is 0. The predicted molar refractivity (Wildman–Crippen MR) is 97.9 cm³/mol. The van der Waals surface area contributed by atoms with Gasteiger partial charge in [0.15, 0.2) is 6.29 Å². The molecule has 0 aliphatic carbocycles. The molecule has 0 aromatic heterocycles. The molecule has 1 heterocycles. The van der Waals surface area contributed by atoms with Crippen LogP contribution < -0.4 is 0 Å². The molecule has 1 aliphatic heterocycles. The summed E-state index contributed by atoms with van der Waals surface area (Å²) in [6.45, 7) is 3.58. The van der Waals surface area contributed by atoms with Crippen LogP contribution >= 0.6 is 0 Å². The summed E-state index contributed by atoms with van der Waals surface area (Å²) in [6.07, 6.45) is 10.9. The van der Waals surface area contributed by atoms with Crippen molar-refractivity contribution in [3.05, 3.63) is 35.9 Å². The number of hydrogen-bond acceptors (Lipinski definition) is 3. The Morgan fingerprint density at radius 3 is 2.54 bits per heavy atom. The highest BCUT2D eigenvalue weighted by Crippen LogP contribution is 2.36. The van der Waals surface area contributed by atoms with Crippen molar-refractivity contribution in [2.45, 2.75) is 83.2 Å². The lowest BCUT2D eigenvalue weighted by Crippen LogP contribution is -2.35. The van der Waals surface area contributed by atoms with Crippen molar-refractivity contribution >= 4 is 0 Å². The zero-order valence-corrected chi connectivity index (χ0v) is 15.5. The minimum absolute atomic E-state index is 0.0644. The van der Waals surface area contributed by atoms with Gasteiger partial charge in [0.2, 0.25) is 0 Å².